The number of para-hydroxylation sites is 2. The Hall–Kier alpha value is -3.15. The second kappa shape index (κ2) is 8.90. The quantitative estimate of drug-likeness (QED) is 0.596. The molecule has 2 aromatic carbocycles. The molecule has 3 rings (SSSR count). The average molecular weight is 414 g/mol. The normalized spacial score (nSPS) is 15.4. The molecule has 0 aliphatic carbocycles. The van der Waals surface area contributed by atoms with Crippen molar-refractivity contribution in [3.63, 3.8) is 0 Å². The number of hydrogen-bond donors (Lipinski definition) is 1. The number of nitro benzene ring substituents is 1. The van der Waals surface area contributed by atoms with Gasteiger partial charge < -0.3 is 10.2 Å². The maximum Gasteiger partial charge on any atom is 0.292 e. The van der Waals surface area contributed by atoms with Gasteiger partial charge in [-0.3, -0.25) is 19.8 Å². The van der Waals surface area contributed by atoms with Crippen LogP contribution in [0.1, 0.15) is 12.5 Å². The third-order valence-corrected chi connectivity index (χ3v) is 5.33. The molecule has 1 unspecified atom stereocenters. The molecule has 0 aromatic heterocycles. The molecule has 1 N–H and O–H groups in total. The van der Waals surface area contributed by atoms with E-state index in [0.717, 1.165) is 0 Å². The van der Waals surface area contributed by atoms with Gasteiger partial charge in [-0.05, 0) is 31.2 Å². The third kappa shape index (κ3) is 4.65. The van der Waals surface area contributed by atoms with Crippen molar-refractivity contribution in [2.45, 2.75) is 13.0 Å². The number of nitrogens with zero attached hydrogens (tertiary/aromatic N) is 4. The van der Waals surface area contributed by atoms with E-state index in [4.69, 9.17) is 16.9 Å². The van der Waals surface area contributed by atoms with Crippen LogP contribution in [0.15, 0.2) is 42.5 Å². The molecule has 1 fully saturated rings. The molecule has 0 saturated carbocycles. The maximum absolute atomic E-state index is 12.6. The van der Waals surface area contributed by atoms with Crippen LogP contribution in [0.5, 0.6) is 0 Å². The summed E-state index contributed by atoms with van der Waals surface area (Å²) in [6, 6.07) is 13.0. The van der Waals surface area contributed by atoms with Gasteiger partial charge in [-0.25, -0.2) is 0 Å². The van der Waals surface area contributed by atoms with Gasteiger partial charge in [-0.2, -0.15) is 5.26 Å². The molecule has 9 heteroatoms. The SMILES string of the molecule is CC(C(=O)Nc1ccc(C#N)c(Cl)c1)N1CCN(c2ccccc2[N+](=O)[O-])CC1. The monoisotopic (exact) mass is 413 g/mol. The number of piperazine rings is 1. The summed E-state index contributed by atoms with van der Waals surface area (Å²) in [5.41, 5.74) is 1.57. The van der Waals surface area contributed by atoms with Gasteiger partial charge in [-0.15, -0.1) is 0 Å². The zero-order valence-electron chi connectivity index (χ0n) is 15.8. The van der Waals surface area contributed by atoms with Gasteiger partial charge in [0, 0.05) is 37.9 Å². The van der Waals surface area contributed by atoms with E-state index in [1.165, 1.54) is 6.07 Å². The summed E-state index contributed by atoms with van der Waals surface area (Å²) < 4.78 is 0. The molecule has 2 aromatic rings. The van der Waals surface area contributed by atoms with Crippen LogP contribution in [0.2, 0.25) is 5.02 Å². The summed E-state index contributed by atoms with van der Waals surface area (Å²) >= 11 is 6.01. The first-order valence-corrected chi connectivity index (χ1v) is 9.51. The van der Waals surface area contributed by atoms with E-state index in [2.05, 4.69) is 5.32 Å². The van der Waals surface area contributed by atoms with Crippen LogP contribution in [0.25, 0.3) is 0 Å². The topological polar surface area (TPSA) is 103 Å². The lowest BCUT2D eigenvalue weighted by Crippen LogP contribution is -2.53. The average Bonchev–Trinajstić information content (AvgIpc) is 2.73. The number of nitriles is 1. The smallest absolute Gasteiger partial charge is 0.292 e. The Balaban J connectivity index is 1.61. The van der Waals surface area contributed by atoms with Crippen molar-refractivity contribution in [3.8, 4) is 6.07 Å². The molecule has 1 aliphatic rings. The number of amides is 1. The number of halogens is 1. The first-order valence-electron chi connectivity index (χ1n) is 9.13. The van der Waals surface area contributed by atoms with Crippen molar-refractivity contribution in [2.75, 3.05) is 36.4 Å². The number of rotatable bonds is 5. The number of benzene rings is 2. The Morgan fingerprint density at radius 3 is 2.55 bits per heavy atom. The number of nitro groups is 1. The molecule has 150 valence electrons. The molecule has 29 heavy (non-hydrogen) atoms. The molecule has 1 saturated heterocycles. The highest BCUT2D eigenvalue weighted by Gasteiger charge is 2.28. The molecular weight excluding hydrogens is 394 g/mol. The Bertz CT molecular complexity index is 967. The van der Waals surface area contributed by atoms with Gasteiger partial charge in [0.2, 0.25) is 5.91 Å². The van der Waals surface area contributed by atoms with Crippen molar-refractivity contribution in [3.05, 3.63) is 63.2 Å². The van der Waals surface area contributed by atoms with Crippen LogP contribution < -0.4 is 10.2 Å². The first kappa shape index (κ1) is 20.6. The molecule has 8 nitrogen and oxygen atoms in total. The Kier molecular flexibility index (Phi) is 6.32. The molecule has 0 radical (unpaired) electrons. The van der Waals surface area contributed by atoms with E-state index in [1.54, 1.807) is 36.4 Å². The van der Waals surface area contributed by atoms with Crippen LogP contribution in [-0.2, 0) is 4.79 Å². The summed E-state index contributed by atoms with van der Waals surface area (Å²) in [7, 11) is 0. The number of hydrogen-bond acceptors (Lipinski definition) is 6. The lowest BCUT2D eigenvalue weighted by Gasteiger charge is -2.38. The highest BCUT2D eigenvalue weighted by atomic mass is 35.5. The van der Waals surface area contributed by atoms with Crippen LogP contribution in [0.3, 0.4) is 0 Å². The molecule has 0 spiro atoms. The number of nitrogens with one attached hydrogen (secondary N) is 1. The Morgan fingerprint density at radius 2 is 1.93 bits per heavy atom. The minimum atomic E-state index is -0.377. The van der Waals surface area contributed by atoms with Crippen molar-refractivity contribution in [1.82, 2.24) is 4.90 Å². The minimum absolute atomic E-state index is 0.0874. The van der Waals surface area contributed by atoms with Crippen molar-refractivity contribution in [1.29, 1.82) is 5.26 Å². The summed E-state index contributed by atoms with van der Waals surface area (Å²) in [5.74, 6) is -0.176. The number of anilines is 2. The van der Waals surface area contributed by atoms with Crippen LogP contribution in [0, 0.1) is 21.4 Å². The third-order valence-electron chi connectivity index (χ3n) is 5.02. The highest BCUT2D eigenvalue weighted by molar-refractivity contribution is 6.32. The maximum atomic E-state index is 12.6. The molecular formula is C20H20ClN5O3. The highest BCUT2D eigenvalue weighted by Crippen LogP contribution is 2.28. The van der Waals surface area contributed by atoms with E-state index in [1.807, 2.05) is 22.8 Å². The molecule has 1 aliphatic heterocycles. The summed E-state index contributed by atoms with van der Waals surface area (Å²) in [5, 5.41) is 23.3. The predicted molar refractivity (Wildman–Crippen MR) is 111 cm³/mol. The van der Waals surface area contributed by atoms with Crippen molar-refractivity contribution in [2.24, 2.45) is 0 Å². The molecule has 1 atom stereocenters. The standard InChI is InChI=1S/C20H20ClN5O3/c1-14(20(27)23-16-7-6-15(13-22)17(21)12-16)24-8-10-25(11-9-24)18-4-2-3-5-19(18)26(28)29/h2-7,12,14H,8-11H2,1H3,(H,23,27). The van der Waals surface area contributed by atoms with E-state index in [-0.39, 0.29) is 27.6 Å². The predicted octanol–water partition coefficient (Wildman–Crippen LogP) is 3.27. The van der Waals surface area contributed by atoms with Crippen LogP contribution in [-0.4, -0.2) is 48.0 Å². The van der Waals surface area contributed by atoms with Gasteiger partial charge in [0.05, 0.1) is 21.6 Å². The Labute approximate surface area is 173 Å². The van der Waals surface area contributed by atoms with Gasteiger partial charge in [0.1, 0.15) is 11.8 Å². The second-order valence-corrected chi connectivity index (χ2v) is 7.15. The fourth-order valence-corrected chi connectivity index (χ4v) is 3.55. The lowest BCUT2D eigenvalue weighted by atomic mass is 10.1. The summed E-state index contributed by atoms with van der Waals surface area (Å²) in [4.78, 5) is 27.5. The number of carbonyl (C=O) groups excluding carboxylic acids is 1. The zero-order valence-corrected chi connectivity index (χ0v) is 16.6. The molecule has 1 heterocycles. The van der Waals surface area contributed by atoms with Crippen molar-refractivity contribution >= 4 is 34.6 Å². The van der Waals surface area contributed by atoms with Crippen LogP contribution in [0.4, 0.5) is 17.1 Å². The largest absolute Gasteiger partial charge is 0.363 e. The number of carbonyl (C=O) groups is 1. The Morgan fingerprint density at radius 1 is 1.24 bits per heavy atom. The van der Waals surface area contributed by atoms with E-state index < -0.39 is 0 Å². The second-order valence-electron chi connectivity index (χ2n) is 6.74. The van der Waals surface area contributed by atoms with Gasteiger partial charge in [0.15, 0.2) is 0 Å². The fraction of sp³-hybridized carbons (Fsp3) is 0.300. The zero-order chi connectivity index (χ0) is 21.0. The van der Waals surface area contributed by atoms with Crippen LogP contribution >= 0.6 is 11.6 Å². The fourth-order valence-electron chi connectivity index (χ4n) is 3.33. The van der Waals surface area contributed by atoms with E-state index >= 15 is 0 Å². The van der Waals surface area contributed by atoms with Gasteiger partial charge >= 0.3 is 0 Å². The summed E-state index contributed by atoms with van der Waals surface area (Å²) in [6.07, 6.45) is 0. The van der Waals surface area contributed by atoms with Crippen molar-refractivity contribution < 1.29 is 9.72 Å². The molecule has 0 bridgehead atoms. The van der Waals surface area contributed by atoms with Gasteiger partial charge in [-0.1, -0.05) is 23.7 Å². The van der Waals surface area contributed by atoms with E-state index in [0.29, 0.717) is 43.1 Å². The summed E-state index contributed by atoms with van der Waals surface area (Å²) in [6.45, 7) is 4.21. The minimum Gasteiger partial charge on any atom is -0.363 e. The lowest BCUT2D eigenvalue weighted by molar-refractivity contribution is -0.384. The molecule has 1 amide bonds. The van der Waals surface area contributed by atoms with Gasteiger partial charge in [0.25, 0.3) is 5.69 Å². The first-order chi connectivity index (χ1) is 13.9. The van der Waals surface area contributed by atoms with E-state index in [9.17, 15) is 14.9 Å².